The first kappa shape index (κ1) is 18.7. The molecule has 0 spiro atoms. The van der Waals surface area contributed by atoms with Gasteiger partial charge >= 0.3 is 0 Å². The Morgan fingerprint density at radius 2 is 1.96 bits per heavy atom. The Balaban J connectivity index is 1.46. The molecule has 5 aliphatic rings. The van der Waals surface area contributed by atoms with Crippen molar-refractivity contribution in [1.29, 1.82) is 0 Å². The second-order valence-electron chi connectivity index (χ2n) is 10.8. The number of rotatable bonds is 4. The standard InChI is InChI=1S/C25H36N2O/c1-3-23-12-19-13-24(15-23,20-7-5-4-6-8-20)17-25(14-19,16-23)22(28)27-21-9-10-26-18(2)11-21/h4-8,18-19,21,26H,3,9-17H2,1-2H3,(H,27,28)/t18-,19?,21-,23?,24?,25?/m0/s1. The molecule has 1 amide bonds. The highest BCUT2D eigenvalue weighted by atomic mass is 16.2. The Bertz CT molecular complexity index is 748. The van der Waals surface area contributed by atoms with Crippen LogP contribution >= 0.6 is 0 Å². The second-order valence-corrected chi connectivity index (χ2v) is 10.8. The van der Waals surface area contributed by atoms with Gasteiger partial charge in [-0.3, -0.25) is 4.79 Å². The molecule has 1 aromatic carbocycles. The molecule has 3 heteroatoms. The van der Waals surface area contributed by atoms with Crippen LogP contribution in [0.5, 0.6) is 0 Å². The van der Waals surface area contributed by atoms with Crippen molar-refractivity contribution in [2.24, 2.45) is 16.7 Å². The zero-order valence-electron chi connectivity index (χ0n) is 17.6. The van der Waals surface area contributed by atoms with E-state index in [-0.39, 0.29) is 10.8 Å². The largest absolute Gasteiger partial charge is 0.353 e. The van der Waals surface area contributed by atoms with Gasteiger partial charge in [-0.25, -0.2) is 0 Å². The zero-order valence-corrected chi connectivity index (χ0v) is 17.6. The van der Waals surface area contributed by atoms with Gasteiger partial charge in [0.1, 0.15) is 0 Å². The number of benzene rings is 1. The van der Waals surface area contributed by atoms with Crippen LogP contribution in [0.15, 0.2) is 30.3 Å². The van der Waals surface area contributed by atoms with Gasteiger partial charge < -0.3 is 10.6 Å². The molecular weight excluding hydrogens is 344 g/mol. The molecule has 152 valence electrons. The van der Waals surface area contributed by atoms with E-state index in [1.165, 1.54) is 31.2 Å². The maximum absolute atomic E-state index is 13.8. The van der Waals surface area contributed by atoms with Crippen molar-refractivity contribution in [3.63, 3.8) is 0 Å². The average molecular weight is 381 g/mol. The molecular formula is C25H36N2O. The highest BCUT2D eigenvalue weighted by molar-refractivity contribution is 5.84. The van der Waals surface area contributed by atoms with Gasteiger partial charge in [-0.05, 0) is 87.1 Å². The Labute approximate surface area is 170 Å². The number of amides is 1. The molecule has 6 atom stereocenters. The molecule has 4 unspecified atom stereocenters. The Kier molecular flexibility index (Phi) is 4.39. The smallest absolute Gasteiger partial charge is 0.226 e. The van der Waals surface area contributed by atoms with Crippen molar-refractivity contribution in [2.45, 2.75) is 89.1 Å². The number of carbonyl (C=O) groups excluding carboxylic acids is 1. The van der Waals surface area contributed by atoms with Gasteiger partial charge in [-0.15, -0.1) is 0 Å². The SMILES string of the molecule is CCC12CC3CC(C(=O)N[C@H]4CCN[C@@H](C)C4)(C1)CC(c1ccccc1)(C3)C2. The lowest BCUT2D eigenvalue weighted by atomic mass is 9.38. The predicted octanol–water partition coefficient (Wildman–Crippen LogP) is 4.56. The lowest BCUT2D eigenvalue weighted by Crippen LogP contribution is -2.63. The van der Waals surface area contributed by atoms with Crippen molar-refractivity contribution in [1.82, 2.24) is 10.6 Å². The van der Waals surface area contributed by atoms with Crippen LogP contribution < -0.4 is 10.6 Å². The third-order valence-corrected chi connectivity index (χ3v) is 8.76. The van der Waals surface area contributed by atoms with Crippen molar-refractivity contribution >= 4 is 5.91 Å². The predicted molar refractivity (Wildman–Crippen MR) is 113 cm³/mol. The molecule has 1 aromatic rings. The van der Waals surface area contributed by atoms with Crippen LogP contribution in [0.3, 0.4) is 0 Å². The fourth-order valence-corrected chi connectivity index (χ4v) is 8.00. The normalized spacial score (nSPS) is 44.4. The molecule has 28 heavy (non-hydrogen) atoms. The molecule has 5 fully saturated rings. The molecule has 4 saturated carbocycles. The van der Waals surface area contributed by atoms with Crippen LogP contribution in [0, 0.1) is 16.7 Å². The first-order chi connectivity index (χ1) is 13.5. The van der Waals surface area contributed by atoms with Gasteiger partial charge in [0.2, 0.25) is 5.91 Å². The van der Waals surface area contributed by atoms with Crippen molar-refractivity contribution in [2.75, 3.05) is 6.54 Å². The summed E-state index contributed by atoms with van der Waals surface area (Å²) in [6, 6.07) is 12.0. The minimum atomic E-state index is -0.140. The van der Waals surface area contributed by atoms with Gasteiger partial charge in [0.05, 0.1) is 5.41 Å². The Hall–Kier alpha value is -1.35. The number of nitrogens with one attached hydrogen (secondary N) is 2. The average Bonchev–Trinajstić information content (AvgIpc) is 2.68. The van der Waals surface area contributed by atoms with Crippen LogP contribution in [-0.2, 0) is 10.2 Å². The lowest BCUT2D eigenvalue weighted by Gasteiger charge is -2.66. The van der Waals surface area contributed by atoms with E-state index in [0.717, 1.165) is 38.6 Å². The third-order valence-electron chi connectivity index (χ3n) is 8.76. The summed E-state index contributed by atoms with van der Waals surface area (Å²) in [5.41, 5.74) is 1.94. The van der Waals surface area contributed by atoms with Crippen molar-refractivity contribution < 1.29 is 4.79 Å². The molecule has 4 aliphatic carbocycles. The molecule has 6 rings (SSSR count). The monoisotopic (exact) mass is 380 g/mol. The summed E-state index contributed by atoms with van der Waals surface area (Å²) in [6.45, 7) is 5.63. The summed E-state index contributed by atoms with van der Waals surface area (Å²) < 4.78 is 0. The fourth-order valence-electron chi connectivity index (χ4n) is 8.00. The number of hydrogen-bond donors (Lipinski definition) is 2. The molecule has 1 aliphatic heterocycles. The summed E-state index contributed by atoms with van der Waals surface area (Å²) >= 11 is 0. The minimum absolute atomic E-state index is 0.140. The van der Waals surface area contributed by atoms with Crippen LogP contribution in [-0.4, -0.2) is 24.5 Å². The summed E-state index contributed by atoms with van der Waals surface area (Å²) in [6.07, 6.45) is 10.6. The van der Waals surface area contributed by atoms with E-state index in [9.17, 15) is 4.79 Å². The molecule has 2 N–H and O–H groups in total. The van der Waals surface area contributed by atoms with Gasteiger partial charge in [-0.2, -0.15) is 0 Å². The quantitative estimate of drug-likeness (QED) is 0.804. The highest BCUT2D eigenvalue weighted by Crippen LogP contribution is 2.71. The number of carbonyl (C=O) groups is 1. The summed E-state index contributed by atoms with van der Waals surface area (Å²) in [5.74, 6) is 1.10. The second kappa shape index (κ2) is 6.58. The van der Waals surface area contributed by atoms with Crippen molar-refractivity contribution in [3.05, 3.63) is 35.9 Å². The van der Waals surface area contributed by atoms with Gasteiger partial charge in [0, 0.05) is 12.1 Å². The molecule has 0 aromatic heterocycles. The van der Waals surface area contributed by atoms with E-state index in [1.54, 1.807) is 0 Å². The fraction of sp³-hybridized carbons (Fsp3) is 0.720. The van der Waals surface area contributed by atoms with E-state index >= 15 is 0 Å². The van der Waals surface area contributed by atoms with Crippen LogP contribution in [0.25, 0.3) is 0 Å². The lowest BCUT2D eigenvalue weighted by molar-refractivity contribution is -0.164. The van der Waals surface area contributed by atoms with E-state index in [4.69, 9.17) is 0 Å². The highest BCUT2D eigenvalue weighted by Gasteiger charge is 2.65. The maximum Gasteiger partial charge on any atom is 0.226 e. The van der Waals surface area contributed by atoms with Gasteiger partial charge in [0.15, 0.2) is 0 Å². The molecule has 3 nitrogen and oxygen atoms in total. The van der Waals surface area contributed by atoms with Crippen molar-refractivity contribution in [3.8, 4) is 0 Å². The molecule has 4 bridgehead atoms. The van der Waals surface area contributed by atoms with E-state index in [0.29, 0.717) is 29.3 Å². The summed E-state index contributed by atoms with van der Waals surface area (Å²) in [5, 5.41) is 7.05. The van der Waals surface area contributed by atoms with Crippen LogP contribution in [0.2, 0.25) is 0 Å². The van der Waals surface area contributed by atoms with Gasteiger partial charge in [0.25, 0.3) is 0 Å². The third kappa shape index (κ3) is 2.93. The maximum atomic E-state index is 13.8. The van der Waals surface area contributed by atoms with E-state index in [1.807, 2.05) is 0 Å². The number of piperidine rings is 1. The first-order valence-corrected chi connectivity index (χ1v) is 11.6. The molecule has 1 heterocycles. The molecule has 0 radical (unpaired) electrons. The molecule has 1 saturated heterocycles. The number of hydrogen-bond acceptors (Lipinski definition) is 2. The topological polar surface area (TPSA) is 41.1 Å². The van der Waals surface area contributed by atoms with E-state index < -0.39 is 0 Å². The Morgan fingerprint density at radius 3 is 2.71 bits per heavy atom. The van der Waals surface area contributed by atoms with Crippen LogP contribution in [0.1, 0.15) is 77.2 Å². The minimum Gasteiger partial charge on any atom is -0.353 e. The van der Waals surface area contributed by atoms with Gasteiger partial charge in [-0.1, -0.05) is 43.7 Å². The zero-order chi connectivity index (χ0) is 19.4. The summed E-state index contributed by atoms with van der Waals surface area (Å²) in [7, 11) is 0. The van der Waals surface area contributed by atoms with E-state index in [2.05, 4.69) is 54.8 Å². The summed E-state index contributed by atoms with van der Waals surface area (Å²) in [4.78, 5) is 13.8. The van der Waals surface area contributed by atoms with Crippen LogP contribution in [0.4, 0.5) is 0 Å². The first-order valence-electron chi connectivity index (χ1n) is 11.6. The Morgan fingerprint density at radius 1 is 1.14 bits per heavy atom.